The molecule has 0 spiro atoms. The number of aromatic amines is 2. The van der Waals surface area contributed by atoms with Gasteiger partial charge in [-0.1, -0.05) is 78.9 Å². The van der Waals surface area contributed by atoms with Gasteiger partial charge in [0.05, 0.1) is 35.9 Å². The van der Waals surface area contributed by atoms with Crippen LogP contribution in [0.3, 0.4) is 0 Å². The average molecular weight is 804 g/mol. The Morgan fingerprint density at radius 1 is 0.650 bits per heavy atom. The van der Waals surface area contributed by atoms with Crippen molar-refractivity contribution in [1.29, 1.82) is 0 Å². The third kappa shape index (κ3) is 8.00. The van der Waals surface area contributed by atoms with Crippen molar-refractivity contribution < 1.29 is 19.5 Å². The van der Waals surface area contributed by atoms with Gasteiger partial charge in [0, 0.05) is 50.5 Å². The van der Waals surface area contributed by atoms with Crippen LogP contribution in [0.1, 0.15) is 71.4 Å². The second kappa shape index (κ2) is 16.9. The predicted octanol–water partition coefficient (Wildman–Crippen LogP) is 7.54. The molecule has 0 radical (unpaired) electrons. The lowest BCUT2D eigenvalue weighted by Gasteiger charge is -2.34. The van der Waals surface area contributed by atoms with Crippen molar-refractivity contribution in [1.82, 2.24) is 40.0 Å². The van der Waals surface area contributed by atoms with E-state index in [2.05, 4.69) is 97.8 Å². The van der Waals surface area contributed by atoms with Crippen LogP contribution in [-0.4, -0.2) is 104 Å². The Morgan fingerprint density at radius 2 is 1.17 bits per heavy atom. The monoisotopic (exact) mass is 803 g/mol. The van der Waals surface area contributed by atoms with Gasteiger partial charge in [0.2, 0.25) is 0 Å². The summed E-state index contributed by atoms with van der Waals surface area (Å²) < 4.78 is 0. The van der Waals surface area contributed by atoms with Crippen molar-refractivity contribution in [2.75, 3.05) is 51.2 Å². The lowest BCUT2D eigenvalue weighted by molar-refractivity contribution is -0.134. The minimum absolute atomic E-state index is 0.0422. The van der Waals surface area contributed by atoms with Crippen molar-refractivity contribution in [3.05, 3.63) is 138 Å². The molecular formula is C47H49N9O4. The molecule has 3 amide bonds. The number of rotatable bonds is 10. The number of amides is 3. The van der Waals surface area contributed by atoms with Gasteiger partial charge in [-0.25, -0.2) is 14.8 Å². The van der Waals surface area contributed by atoms with Gasteiger partial charge >= 0.3 is 6.09 Å². The zero-order valence-electron chi connectivity index (χ0n) is 33.6. The van der Waals surface area contributed by atoms with Gasteiger partial charge in [0.1, 0.15) is 17.7 Å². The standard InChI is InChI=1S/C47H49N9O4/c1-53-25-27-54(28-26-53)37-21-19-36(20-22-37)45(57)55-23-5-9-40(55)43-48-29-38(50-43)33-15-11-31(12-16-33)32-13-17-34(18-14-32)39-30-49-44(51-39)41-10-6-24-56(41)46(58)42(52-47(59)60)35-7-3-2-4-8-35/h2-4,7-8,11-22,29-30,40-42,52H,5-6,9-10,23-28H2,1H3,(H,48,50)(H,49,51)(H,59,60)/t40-,41-,42+/m0/s1. The first-order valence-electron chi connectivity index (χ1n) is 20.8. The van der Waals surface area contributed by atoms with Gasteiger partial charge in [-0.3, -0.25) is 9.59 Å². The highest BCUT2D eigenvalue weighted by atomic mass is 16.4. The molecule has 3 saturated heterocycles. The Hall–Kier alpha value is -6.73. The Labute approximate surface area is 349 Å². The number of piperazine rings is 1. The average Bonchev–Trinajstić information content (AvgIpc) is 4.13. The van der Waals surface area contributed by atoms with Gasteiger partial charge in [-0.05, 0) is 84.8 Å². The predicted molar refractivity (Wildman–Crippen MR) is 230 cm³/mol. The molecule has 0 saturated carbocycles. The molecule has 6 aromatic rings. The van der Waals surface area contributed by atoms with Crippen molar-refractivity contribution in [2.45, 2.75) is 43.8 Å². The number of nitrogens with zero attached hydrogens (tertiary/aromatic N) is 6. The number of nitrogens with one attached hydrogen (secondary N) is 3. The maximum atomic E-state index is 13.7. The molecule has 3 aliphatic rings. The number of likely N-dealkylation sites (tertiary alicyclic amines) is 2. The van der Waals surface area contributed by atoms with E-state index in [4.69, 9.17) is 4.98 Å². The zero-order chi connectivity index (χ0) is 41.2. The first-order valence-corrected chi connectivity index (χ1v) is 20.8. The number of carbonyl (C=O) groups excluding carboxylic acids is 2. The van der Waals surface area contributed by atoms with E-state index in [1.54, 1.807) is 35.4 Å². The van der Waals surface area contributed by atoms with Crippen molar-refractivity contribution >= 4 is 23.6 Å². The molecule has 4 aromatic carbocycles. The van der Waals surface area contributed by atoms with Crippen molar-refractivity contribution in [3.63, 3.8) is 0 Å². The highest BCUT2D eigenvalue weighted by Gasteiger charge is 2.37. The van der Waals surface area contributed by atoms with E-state index in [9.17, 15) is 19.5 Å². The molecule has 13 heteroatoms. The molecule has 0 unspecified atom stereocenters. The number of likely N-dealkylation sites (N-methyl/N-ethyl adjacent to an activating group) is 1. The summed E-state index contributed by atoms with van der Waals surface area (Å²) in [5.41, 5.74) is 8.34. The van der Waals surface area contributed by atoms with Gasteiger partial charge in [0.25, 0.3) is 11.8 Å². The molecule has 306 valence electrons. The number of aromatic nitrogens is 4. The first-order chi connectivity index (χ1) is 29.3. The molecule has 5 heterocycles. The molecule has 3 atom stereocenters. The summed E-state index contributed by atoms with van der Waals surface area (Å²) in [7, 11) is 2.15. The van der Waals surface area contributed by atoms with Crippen LogP contribution < -0.4 is 10.2 Å². The van der Waals surface area contributed by atoms with E-state index in [1.165, 1.54) is 0 Å². The largest absolute Gasteiger partial charge is 0.465 e. The summed E-state index contributed by atoms with van der Waals surface area (Å²) >= 11 is 0. The highest BCUT2D eigenvalue weighted by molar-refractivity contribution is 5.95. The van der Waals surface area contributed by atoms with E-state index in [1.807, 2.05) is 29.3 Å². The Kier molecular flexibility index (Phi) is 10.9. The third-order valence-corrected chi connectivity index (χ3v) is 12.2. The smallest absolute Gasteiger partial charge is 0.405 e. The fourth-order valence-electron chi connectivity index (χ4n) is 8.87. The summed E-state index contributed by atoms with van der Waals surface area (Å²) in [6, 6.07) is 32.3. The summed E-state index contributed by atoms with van der Waals surface area (Å²) in [5.74, 6) is 1.24. The fourth-order valence-corrected chi connectivity index (χ4v) is 8.87. The van der Waals surface area contributed by atoms with Crippen LogP contribution >= 0.6 is 0 Å². The lowest BCUT2D eigenvalue weighted by Crippen LogP contribution is -2.44. The molecule has 60 heavy (non-hydrogen) atoms. The fraction of sp³-hybridized carbons (Fsp3) is 0.298. The molecule has 0 bridgehead atoms. The number of carboxylic acid groups (broad SMARTS) is 1. The number of benzene rings is 4. The highest BCUT2D eigenvalue weighted by Crippen LogP contribution is 2.36. The maximum absolute atomic E-state index is 13.7. The van der Waals surface area contributed by atoms with Crippen LogP contribution in [0.25, 0.3) is 33.6 Å². The van der Waals surface area contributed by atoms with Crippen LogP contribution in [0.2, 0.25) is 0 Å². The minimum atomic E-state index is -1.25. The first kappa shape index (κ1) is 38.8. The minimum Gasteiger partial charge on any atom is -0.465 e. The molecular weight excluding hydrogens is 755 g/mol. The number of anilines is 1. The second-order valence-corrected chi connectivity index (χ2v) is 16.0. The normalized spacial score (nSPS) is 18.8. The van der Waals surface area contributed by atoms with Crippen LogP contribution in [0.15, 0.2) is 116 Å². The third-order valence-electron chi connectivity index (χ3n) is 12.2. The number of carbonyl (C=O) groups is 3. The van der Waals surface area contributed by atoms with Crippen LogP contribution in [0.5, 0.6) is 0 Å². The summed E-state index contributed by atoms with van der Waals surface area (Å²) in [5, 5.41) is 11.9. The summed E-state index contributed by atoms with van der Waals surface area (Å²) in [6.07, 6.45) is 5.73. The topological polar surface area (TPSA) is 154 Å². The van der Waals surface area contributed by atoms with E-state index in [-0.39, 0.29) is 23.9 Å². The summed E-state index contributed by atoms with van der Waals surface area (Å²) in [4.78, 5) is 63.9. The molecule has 2 aromatic heterocycles. The molecule has 9 rings (SSSR count). The molecule has 13 nitrogen and oxygen atoms in total. The quantitative estimate of drug-likeness (QED) is 0.111. The number of hydrogen-bond acceptors (Lipinski definition) is 7. The molecule has 3 aliphatic heterocycles. The zero-order valence-corrected chi connectivity index (χ0v) is 33.6. The van der Waals surface area contributed by atoms with Crippen molar-refractivity contribution in [3.8, 4) is 33.6 Å². The van der Waals surface area contributed by atoms with Crippen LogP contribution in [0.4, 0.5) is 10.5 Å². The van der Waals surface area contributed by atoms with Crippen molar-refractivity contribution in [2.24, 2.45) is 0 Å². The number of hydrogen-bond donors (Lipinski definition) is 4. The van der Waals surface area contributed by atoms with Gasteiger partial charge in [-0.15, -0.1) is 0 Å². The van der Waals surface area contributed by atoms with E-state index in [0.29, 0.717) is 30.0 Å². The Bertz CT molecular complexity index is 2440. The van der Waals surface area contributed by atoms with Gasteiger partial charge in [-0.2, -0.15) is 0 Å². The van der Waals surface area contributed by atoms with Gasteiger partial charge < -0.3 is 40.0 Å². The molecule has 3 fully saturated rings. The second-order valence-electron chi connectivity index (χ2n) is 16.0. The molecule has 4 N–H and O–H groups in total. The Morgan fingerprint density at radius 3 is 1.72 bits per heavy atom. The summed E-state index contributed by atoms with van der Waals surface area (Å²) in [6.45, 7) is 5.29. The van der Waals surface area contributed by atoms with Crippen LogP contribution in [0, 0.1) is 0 Å². The Balaban J connectivity index is 0.836. The van der Waals surface area contributed by atoms with E-state index in [0.717, 1.165) is 97.0 Å². The number of imidazole rings is 2. The van der Waals surface area contributed by atoms with Gasteiger partial charge in [0.15, 0.2) is 0 Å². The maximum Gasteiger partial charge on any atom is 0.405 e. The number of H-pyrrole nitrogens is 2. The lowest BCUT2D eigenvalue weighted by atomic mass is 10.0. The van der Waals surface area contributed by atoms with Crippen LogP contribution in [-0.2, 0) is 4.79 Å². The molecule has 0 aliphatic carbocycles. The van der Waals surface area contributed by atoms with E-state index >= 15 is 0 Å². The SMILES string of the molecule is CN1CCN(c2ccc(C(=O)N3CCC[C@H]3c3ncc(-c4ccc(-c5ccc(-c6cnc([C@@H]7CCCN7C(=O)[C@H](NC(=O)O)c7ccccc7)[nH]6)cc5)cc4)[nH]3)cc2)CC1. The van der Waals surface area contributed by atoms with E-state index < -0.39 is 12.1 Å².